The summed E-state index contributed by atoms with van der Waals surface area (Å²) in [6.45, 7) is 6.26. The van der Waals surface area contributed by atoms with Crippen molar-refractivity contribution in [3.63, 3.8) is 0 Å². The fourth-order valence-electron chi connectivity index (χ4n) is 3.83. The average molecular weight is 412 g/mol. The van der Waals surface area contributed by atoms with E-state index in [4.69, 9.17) is 9.47 Å². The largest absolute Gasteiger partial charge is 0.495 e. The number of hydrogen-bond donors (Lipinski definition) is 0. The topological polar surface area (TPSA) is 65.5 Å². The summed E-state index contributed by atoms with van der Waals surface area (Å²) in [7, 11) is -0.692. The number of methoxy groups -OCH3 is 2. The highest BCUT2D eigenvalue weighted by molar-refractivity contribution is 7.91. The SMILES string of the molecule is COc1ccc(-c2cc(-c3c(C)cc(C)cc3C)ccn2)c(OC)c1S(C)(=O)=O. The third-order valence-corrected chi connectivity index (χ3v) is 6.00. The second-order valence-corrected chi connectivity index (χ2v) is 9.11. The second kappa shape index (κ2) is 7.87. The lowest BCUT2D eigenvalue weighted by Crippen LogP contribution is -2.05. The van der Waals surface area contributed by atoms with Crippen molar-refractivity contribution in [3.8, 4) is 33.9 Å². The Labute approximate surface area is 172 Å². The summed E-state index contributed by atoms with van der Waals surface area (Å²) in [5, 5.41) is 0. The predicted octanol–water partition coefficient (Wildman–Crippen LogP) is 4.76. The third kappa shape index (κ3) is 3.98. The van der Waals surface area contributed by atoms with Crippen LogP contribution >= 0.6 is 0 Å². The molecule has 29 heavy (non-hydrogen) atoms. The zero-order valence-electron chi connectivity index (χ0n) is 17.5. The van der Waals surface area contributed by atoms with Gasteiger partial charge in [-0.2, -0.15) is 0 Å². The number of hydrogen-bond acceptors (Lipinski definition) is 5. The van der Waals surface area contributed by atoms with Gasteiger partial charge in [0.05, 0.1) is 19.9 Å². The van der Waals surface area contributed by atoms with Crippen molar-refractivity contribution in [2.24, 2.45) is 0 Å². The highest BCUT2D eigenvalue weighted by Crippen LogP contribution is 2.41. The van der Waals surface area contributed by atoms with E-state index in [0.717, 1.165) is 17.4 Å². The van der Waals surface area contributed by atoms with Gasteiger partial charge < -0.3 is 9.47 Å². The van der Waals surface area contributed by atoms with E-state index in [1.807, 2.05) is 12.1 Å². The van der Waals surface area contributed by atoms with E-state index in [-0.39, 0.29) is 16.4 Å². The van der Waals surface area contributed by atoms with E-state index in [2.05, 4.69) is 37.9 Å². The molecule has 0 atom stereocenters. The van der Waals surface area contributed by atoms with Gasteiger partial charge in [-0.05, 0) is 67.3 Å². The van der Waals surface area contributed by atoms with Gasteiger partial charge in [0.15, 0.2) is 20.5 Å². The molecular weight excluding hydrogens is 386 g/mol. The molecule has 1 aromatic heterocycles. The molecule has 0 bridgehead atoms. The smallest absolute Gasteiger partial charge is 0.182 e. The minimum atomic E-state index is -3.58. The van der Waals surface area contributed by atoms with E-state index >= 15 is 0 Å². The average Bonchev–Trinajstić information content (AvgIpc) is 2.65. The molecule has 0 spiro atoms. The van der Waals surface area contributed by atoms with Crippen LogP contribution in [-0.4, -0.2) is 33.9 Å². The van der Waals surface area contributed by atoms with Crippen molar-refractivity contribution < 1.29 is 17.9 Å². The molecule has 0 aliphatic rings. The van der Waals surface area contributed by atoms with Gasteiger partial charge in [0.25, 0.3) is 0 Å². The highest BCUT2D eigenvalue weighted by atomic mass is 32.2. The van der Waals surface area contributed by atoms with Gasteiger partial charge in [-0.1, -0.05) is 17.7 Å². The summed E-state index contributed by atoms with van der Waals surface area (Å²) in [4.78, 5) is 4.51. The van der Waals surface area contributed by atoms with Crippen LogP contribution in [-0.2, 0) is 9.84 Å². The molecule has 3 aromatic rings. The number of benzene rings is 2. The Morgan fingerprint density at radius 3 is 2.10 bits per heavy atom. The maximum atomic E-state index is 12.4. The second-order valence-electron chi connectivity index (χ2n) is 7.15. The summed E-state index contributed by atoms with van der Waals surface area (Å²) in [5.41, 5.74) is 6.96. The molecule has 0 amide bonds. The molecule has 0 unspecified atom stereocenters. The van der Waals surface area contributed by atoms with Gasteiger partial charge in [0.2, 0.25) is 0 Å². The molecule has 0 aliphatic carbocycles. The first-order valence-electron chi connectivity index (χ1n) is 9.17. The summed E-state index contributed by atoms with van der Waals surface area (Å²) < 4.78 is 35.6. The van der Waals surface area contributed by atoms with E-state index in [1.54, 1.807) is 18.3 Å². The van der Waals surface area contributed by atoms with Crippen molar-refractivity contribution in [3.05, 3.63) is 59.3 Å². The van der Waals surface area contributed by atoms with Crippen LogP contribution in [0.25, 0.3) is 22.4 Å². The lowest BCUT2D eigenvalue weighted by atomic mass is 9.93. The third-order valence-electron chi connectivity index (χ3n) is 4.87. The minimum Gasteiger partial charge on any atom is -0.495 e. The lowest BCUT2D eigenvalue weighted by molar-refractivity contribution is 0.374. The van der Waals surface area contributed by atoms with Crippen LogP contribution in [0, 0.1) is 20.8 Å². The van der Waals surface area contributed by atoms with Crippen molar-refractivity contribution in [1.82, 2.24) is 4.98 Å². The van der Waals surface area contributed by atoms with Crippen LogP contribution in [0.1, 0.15) is 16.7 Å². The molecule has 6 heteroatoms. The molecule has 152 valence electrons. The van der Waals surface area contributed by atoms with Gasteiger partial charge >= 0.3 is 0 Å². The van der Waals surface area contributed by atoms with Crippen LogP contribution in [0.3, 0.4) is 0 Å². The summed E-state index contributed by atoms with van der Waals surface area (Å²) >= 11 is 0. The monoisotopic (exact) mass is 411 g/mol. The van der Waals surface area contributed by atoms with Crippen LogP contribution in [0.4, 0.5) is 0 Å². The zero-order chi connectivity index (χ0) is 21.3. The Bertz CT molecular complexity index is 1160. The predicted molar refractivity (Wildman–Crippen MR) is 116 cm³/mol. The number of nitrogens with zero attached hydrogens (tertiary/aromatic N) is 1. The molecule has 2 aromatic carbocycles. The normalized spacial score (nSPS) is 11.4. The molecule has 0 radical (unpaired) electrons. The molecule has 1 heterocycles. The Hall–Kier alpha value is -2.86. The number of sulfone groups is 1. The molecule has 3 rings (SSSR count). The quantitative estimate of drug-likeness (QED) is 0.605. The molecule has 0 N–H and O–H groups in total. The molecule has 0 aliphatic heterocycles. The molecule has 5 nitrogen and oxygen atoms in total. The standard InChI is InChI=1S/C23H25NO4S/c1-14-11-15(2)21(16(3)12-14)17-9-10-24-19(13-17)18-7-8-20(27-4)23(22(18)28-5)29(6,25)26/h7-13H,1-6H3. The van der Waals surface area contributed by atoms with Crippen LogP contribution in [0.2, 0.25) is 0 Å². The number of aromatic nitrogens is 1. The number of pyridine rings is 1. The highest BCUT2D eigenvalue weighted by Gasteiger charge is 2.25. The van der Waals surface area contributed by atoms with Crippen molar-refractivity contribution in [1.29, 1.82) is 0 Å². The van der Waals surface area contributed by atoms with Crippen molar-refractivity contribution >= 4 is 9.84 Å². The Balaban J connectivity index is 2.26. The fraction of sp³-hybridized carbons (Fsp3) is 0.261. The first-order valence-corrected chi connectivity index (χ1v) is 11.1. The van der Waals surface area contributed by atoms with Gasteiger partial charge in [0.1, 0.15) is 5.75 Å². The summed E-state index contributed by atoms with van der Waals surface area (Å²) in [6.07, 6.45) is 2.87. The van der Waals surface area contributed by atoms with Gasteiger partial charge in [-0.25, -0.2) is 8.42 Å². The molecule has 0 saturated carbocycles. The van der Waals surface area contributed by atoms with Crippen LogP contribution in [0.5, 0.6) is 11.5 Å². The Morgan fingerprint density at radius 2 is 1.55 bits per heavy atom. The summed E-state index contributed by atoms with van der Waals surface area (Å²) in [5.74, 6) is 0.475. The van der Waals surface area contributed by atoms with Crippen molar-refractivity contribution in [2.45, 2.75) is 25.7 Å². The van der Waals surface area contributed by atoms with E-state index in [9.17, 15) is 8.42 Å². The van der Waals surface area contributed by atoms with E-state index in [1.165, 1.54) is 30.9 Å². The molecule has 0 fully saturated rings. The van der Waals surface area contributed by atoms with Gasteiger partial charge in [-0.15, -0.1) is 0 Å². The Morgan fingerprint density at radius 1 is 0.897 bits per heavy atom. The maximum absolute atomic E-state index is 12.4. The minimum absolute atomic E-state index is 0.0231. The van der Waals surface area contributed by atoms with Crippen molar-refractivity contribution in [2.75, 3.05) is 20.5 Å². The first-order chi connectivity index (χ1) is 13.7. The van der Waals surface area contributed by atoms with E-state index < -0.39 is 9.84 Å². The number of aryl methyl sites for hydroxylation is 3. The lowest BCUT2D eigenvalue weighted by Gasteiger charge is -2.17. The van der Waals surface area contributed by atoms with Crippen LogP contribution < -0.4 is 9.47 Å². The number of rotatable bonds is 5. The summed E-state index contributed by atoms with van der Waals surface area (Å²) in [6, 6.07) is 11.6. The van der Waals surface area contributed by atoms with Crippen LogP contribution in [0.15, 0.2) is 47.5 Å². The first kappa shape index (κ1) is 20.9. The maximum Gasteiger partial charge on any atom is 0.182 e. The fourth-order valence-corrected chi connectivity index (χ4v) is 4.88. The van der Waals surface area contributed by atoms with Gasteiger partial charge in [0, 0.05) is 18.0 Å². The zero-order valence-corrected chi connectivity index (χ0v) is 18.3. The van der Waals surface area contributed by atoms with E-state index in [0.29, 0.717) is 11.3 Å². The van der Waals surface area contributed by atoms with Gasteiger partial charge in [-0.3, -0.25) is 4.98 Å². The number of ether oxygens (including phenoxy) is 2. The Kier molecular flexibility index (Phi) is 5.66. The molecular formula is C23H25NO4S. The molecule has 0 saturated heterocycles.